The molecule has 1 N–H and O–H groups in total. The molecule has 1 atom stereocenters. The molecule has 3 rings (SSSR count). The Morgan fingerprint density at radius 2 is 2.12 bits per heavy atom. The van der Waals surface area contributed by atoms with Crippen molar-refractivity contribution in [3.05, 3.63) is 42.5 Å². The highest BCUT2D eigenvalue weighted by Crippen LogP contribution is 2.38. The highest BCUT2D eigenvalue weighted by Gasteiger charge is 2.48. The Bertz CT molecular complexity index is 757. The Kier molecular flexibility index (Phi) is 4.09. The van der Waals surface area contributed by atoms with E-state index in [-0.39, 0.29) is 18.4 Å². The Morgan fingerprint density at radius 3 is 2.71 bits per heavy atom. The fourth-order valence-electron chi connectivity index (χ4n) is 3.20. The lowest BCUT2D eigenvalue weighted by molar-refractivity contribution is -0.150. The van der Waals surface area contributed by atoms with E-state index in [2.05, 4.69) is 10.1 Å². The molecule has 2 aromatic rings. The number of amides is 1. The van der Waals surface area contributed by atoms with Crippen molar-refractivity contribution in [1.82, 2.24) is 19.7 Å². The van der Waals surface area contributed by atoms with E-state index in [1.807, 2.05) is 19.9 Å². The minimum absolute atomic E-state index is 0.0331. The van der Waals surface area contributed by atoms with Gasteiger partial charge in [-0.1, -0.05) is 19.9 Å². The number of carbonyl (C=O) groups is 2. The molecule has 24 heavy (non-hydrogen) atoms. The molecule has 2 heterocycles. The number of carboxylic acid groups (broad SMARTS) is 1. The van der Waals surface area contributed by atoms with Crippen molar-refractivity contribution in [2.45, 2.75) is 20.3 Å². The first-order valence-corrected chi connectivity index (χ1v) is 7.92. The lowest BCUT2D eigenvalue weighted by atomic mass is 9.76. The van der Waals surface area contributed by atoms with E-state index in [0.717, 1.165) is 5.69 Å². The van der Waals surface area contributed by atoms with Crippen LogP contribution >= 0.6 is 0 Å². The average Bonchev–Trinajstić information content (AvgIpc) is 3.24. The molecule has 1 aromatic carbocycles. The molecule has 1 aromatic heterocycles. The number of carboxylic acids is 1. The molecule has 1 saturated heterocycles. The van der Waals surface area contributed by atoms with E-state index in [0.29, 0.717) is 18.5 Å². The molecular weight excluding hydrogens is 308 g/mol. The van der Waals surface area contributed by atoms with Gasteiger partial charge in [0.2, 0.25) is 0 Å². The SMILES string of the molecule is CC(C)C1(C(=O)O)CCN(C(=O)c2cccc(-n3cncn3)c2)C1. The van der Waals surface area contributed by atoms with Crippen molar-refractivity contribution in [1.29, 1.82) is 0 Å². The lowest BCUT2D eigenvalue weighted by Gasteiger charge is -2.28. The third-order valence-electron chi connectivity index (χ3n) is 4.90. The number of nitrogens with zero attached hydrogens (tertiary/aromatic N) is 4. The summed E-state index contributed by atoms with van der Waals surface area (Å²) in [5.74, 6) is -1.01. The van der Waals surface area contributed by atoms with Gasteiger partial charge in [-0.3, -0.25) is 9.59 Å². The van der Waals surface area contributed by atoms with E-state index in [9.17, 15) is 14.7 Å². The molecule has 0 spiro atoms. The fourth-order valence-corrected chi connectivity index (χ4v) is 3.20. The Balaban J connectivity index is 1.83. The highest BCUT2D eigenvalue weighted by molar-refractivity contribution is 5.95. The first-order chi connectivity index (χ1) is 11.4. The minimum atomic E-state index is -0.862. The molecular formula is C17H20N4O3. The number of hydrogen-bond acceptors (Lipinski definition) is 4. The van der Waals surface area contributed by atoms with Crippen LogP contribution in [0.1, 0.15) is 30.6 Å². The number of aliphatic carboxylic acids is 1. The third kappa shape index (κ3) is 2.66. The Morgan fingerprint density at radius 1 is 1.33 bits per heavy atom. The maximum absolute atomic E-state index is 12.8. The predicted octanol–water partition coefficient (Wildman–Crippen LogP) is 1.84. The van der Waals surface area contributed by atoms with Gasteiger partial charge in [0.25, 0.3) is 5.91 Å². The summed E-state index contributed by atoms with van der Waals surface area (Å²) in [7, 11) is 0. The number of carbonyl (C=O) groups excluding carboxylic acids is 1. The Labute approximate surface area is 139 Å². The molecule has 1 amide bonds. The second kappa shape index (κ2) is 6.07. The number of benzene rings is 1. The largest absolute Gasteiger partial charge is 0.481 e. The second-order valence-corrected chi connectivity index (χ2v) is 6.48. The van der Waals surface area contributed by atoms with Gasteiger partial charge in [0.15, 0.2) is 0 Å². The van der Waals surface area contributed by atoms with Crippen LogP contribution in [-0.2, 0) is 4.79 Å². The van der Waals surface area contributed by atoms with Gasteiger partial charge in [-0.2, -0.15) is 5.10 Å². The Hall–Kier alpha value is -2.70. The van der Waals surface area contributed by atoms with E-state index in [4.69, 9.17) is 0 Å². The number of rotatable bonds is 4. The molecule has 0 radical (unpaired) electrons. The zero-order chi connectivity index (χ0) is 17.3. The molecule has 0 bridgehead atoms. The van der Waals surface area contributed by atoms with Crippen LogP contribution < -0.4 is 0 Å². The summed E-state index contributed by atoms with van der Waals surface area (Å²) < 4.78 is 1.58. The second-order valence-electron chi connectivity index (χ2n) is 6.48. The molecule has 1 unspecified atom stereocenters. The van der Waals surface area contributed by atoms with Crippen molar-refractivity contribution < 1.29 is 14.7 Å². The first-order valence-electron chi connectivity index (χ1n) is 7.92. The van der Waals surface area contributed by atoms with Crippen molar-refractivity contribution in [3.63, 3.8) is 0 Å². The minimum Gasteiger partial charge on any atom is -0.481 e. The normalized spacial score (nSPS) is 20.5. The summed E-state index contributed by atoms with van der Waals surface area (Å²) in [5.41, 5.74) is 0.401. The molecule has 7 nitrogen and oxygen atoms in total. The van der Waals surface area contributed by atoms with Crippen molar-refractivity contribution >= 4 is 11.9 Å². The summed E-state index contributed by atoms with van der Waals surface area (Å²) in [6.07, 6.45) is 3.47. The molecule has 126 valence electrons. The smallest absolute Gasteiger partial charge is 0.311 e. The van der Waals surface area contributed by atoms with Crippen LogP contribution in [-0.4, -0.2) is 49.7 Å². The molecule has 1 aliphatic rings. The monoisotopic (exact) mass is 328 g/mol. The fraction of sp³-hybridized carbons (Fsp3) is 0.412. The van der Waals surface area contributed by atoms with Crippen LogP contribution in [0.15, 0.2) is 36.9 Å². The number of hydrogen-bond donors (Lipinski definition) is 1. The van der Waals surface area contributed by atoms with Crippen LogP contribution in [0.25, 0.3) is 5.69 Å². The van der Waals surface area contributed by atoms with Gasteiger partial charge >= 0.3 is 5.97 Å². The van der Waals surface area contributed by atoms with Gasteiger partial charge in [0, 0.05) is 18.7 Å². The van der Waals surface area contributed by atoms with Crippen LogP contribution in [0, 0.1) is 11.3 Å². The maximum atomic E-state index is 12.8. The summed E-state index contributed by atoms with van der Waals surface area (Å²) in [6, 6.07) is 7.10. The summed E-state index contributed by atoms with van der Waals surface area (Å²) in [5, 5.41) is 13.7. The van der Waals surface area contributed by atoms with E-state index >= 15 is 0 Å². The van der Waals surface area contributed by atoms with Crippen LogP contribution in [0.4, 0.5) is 0 Å². The van der Waals surface area contributed by atoms with Gasteiger partial charge < -0.3 is 10.0 Å². The van der Waals surface area contributed by atoms with E-state index in [1.165, 1.54) is 6.33 Å². The zero-order valence-corrected chi connectivity index (χ0v) is 13.7. The van der Waals surface area contributed by atoms with Gasteiger partial charge in [-0.25, -0.2) is 9.67 Å². The molecule has 1 aliphatic heterocycles. The van der Waals surface area contributed by atoms with Crippen molar-refractivity contribution in [2.75, 3.05) is 13.1 Å². The van der Waals surface area contributed by atoms with Crippen molar-refractivity contribution in [2.24, 2.45) is 11.3 Å². The highest BCUT2D eigenvalue weighted by atomic mass is 16.4. The third-order valence-corrected chi connectivity index (χ3v) is 4.90. The number of aromatic nitrogens is 3. The lowest BCUT2D eigenvalue weighted by Crippen LogP contribution is -2.40. The maximum Gasteiger partial charge on any atom is 0.311 e. The van der Waals surface area contributed by atoms with Crippen LogP contribution in [0.5, 0.6) is 0 Å². The van der Waals surface area contributed by atoms with Crippen LogP contribution in [0.3, 0.4) is 0 Å². The predicted molar refractivity (Wildman–Crippen MR) is 86.8 cm³/mol. The van der Waals surface area contributed by atoms with Crippen LogP contribution in [0.2, 0.25) is 0 Å². The van der Waals surface area contributed by atoms with Gasteiger partial charge in [-0.15, -0.1) is 0 Å². The molecule has 0 saturated carbocycles. The summed E-state index contributed by atoms with van der Waals surface area (Å²) in [6.45, 7) is 4.49. The van der Waals surface area contributed by atoms with Gasteiger partial charge in [-0.05, 0) is 30.5 Å². The van der Waals surface area contributed by atoms with Gasteiger partial charge in [0.1, 0.15) is 12.7 Å². The topological polar surface area (TPSA) is 88.3 Å². The van der Waals surface area contributed by atoms with Gasteiger partial charge in [0.05, 0.1) is 11.1 Å². The quantitative estimate of drug-likeness (QED) is 0.925. The molecule has 1 fully saturated rings. The van der Waals surface area contributed by atoms with E-state index in [1.54, 1.807) is 34.1 Å². The molecule has 7 heteroatoms. The van der Waals surface area contributed by atoms with Crippen molar-refractivity contribution in [3.8, 4) is 5.69 Å². The number of likely N-dealkylation sites (tertiary alicyclic amines) is 1. The standard InChI is InChI=1S/C17H20N4O3/c1-12(2)17(16(23)24)6-7-20(9-17)15(22)13-4-3-5-14(8-13)21-11-18-10-19-21/h3-5,8,10-12H,6-7,9H2,1-2H3,(H,23,24). The molecule has 0 aliphatic carbocycles. The average molecular weight is 328 g/mol. The first kappa shape index (κ1) is 16.2. The summed E-state index contributed by atoms with van der Waals surface area (Å²) >= 11 is 0. The zero-order valence-electron chi connectivity index (χ0n) is 13.7. The van der Waals surface area contributed by atoms with E-state index < -0.39 is 11.4 Å². The summed E-state index contributed by atoms with van der Waals surface area (Å²) in [4.78, 5) is 30.0.